The van der Waals surface area contributed by atoms with Gasteiger partial charge in [-0.15, -0.1) is 0 Å². The summed E-state index contributed by atoms with van der Waals surface area (Å²) in [6.45, 7) is 0. The molecule has 2 aromatic rings. The van der Waals surface area contributed by atoms with Crippen molar-refractivity contribution < 1.29 is 9.18 Å². The Kier molecular flexibility index (Phi) is 4.06. The number of amides is 1. The molecule has 0 aromatic heterocycles. The van der Waals surface area contributed by atoms with E-state index in [0.717, 1.165) is 10.9 Å². The molecule has 108 valence electrons. The molecule has 0 unspecified atom stereocenters. The van der Waals surface area contributed by atoms with Gasteiger partial charge in [0.15, 0.2) is 0 Å². The maximum absolute atomic E-state index is 13.1. The average Bonchev–Trinajstić information content (AvgIpc) is 3.18. The second kappa shape index (κ2) is 5.98. The quantitative estimate of drug-likeness (QED) is 0.895. The number of hydrogen-bond donors (Lipinski definition) is 1. The molecule has 3 rings (SSSR count). The van der Waals surface area contributed by atoms with Gasteiger partial charge in [-0.05, 0) is 35.7 Å². The third kappa shape index (κ3) is 3.50. The first kappa shape index (κ1) is 14.3. The van der Waals surface area contributed by atoms with E-state index in [-0.39, 0.29) is 24.2 Å². The highest BCUT2D eigenvalue weighted by atomic mass is 79.9. The van der Waals surface area contributed by atoms with Crippen molar-refractivity contribution >= 4 is 21.8 Å². The number of halogens is 2. The first-order chi connectivity index (χ1) is 10.1. The molecule has 0 spiro atoms. The fraction of sp³-hybridized carbons (Fsp3) is 0.235. The van der Waals surface area contributed by atoms with Crippen LogP contribution in [0, 0.1) is 5.82 Å². The number of nitrogens with one attached hydrogen (secondary N) is 1. The number of carbonyl (C=O) groups is 1. The summed E-state index contributed by atoms with van der Waals surface area (Å²) in [4.78, 5) is 12.0. The van der Waals surface area contributed by atoms with E-state index in [1.54, 1.807) is 12.1 Å². The summed E-state index contributed by atoms with van der Waals surface area (Å²) in [5, 5.41) is 3.02. The Morgan fingerprint density at radius 2 is 2.05 bits per heavy atom. The normalized spacial score (nSPS) is 20.1. The number of rotatable bonds is 4. The lowest BCUT2D eigenvalue weighted by Crippen LogP contribution is -2.28. The molecule has 1 saturated carbocycles. The molecule has 0 bridgehead atoms. The highest BCUT2D eigenvalue weighted by Crippen LogP contribution is 2.43. The standard InChI is InChI=1S/C17H15BrFNO/c18-15-7-2-1-6-13(15)14-10-16(14)20-17(21)9-11-4-3-5-12(19)8-11/h1-8,14,16H,9-10H2,(H,20,21)/t14-,16+/m0/s1. The van der Waals surface area contributed by atoms with Crippen molar-refractivity contribution in [3.8, 4) is 0 Å². The molecule has 21 heavy (non-hydrogen) atoms. The third-order valence-corrected chi connectivity index (χ3v) is 4.42. The van der Waals surface area contributed by atoms with Gasteiger partial charge in [0, 0.05) is 16.4 Å². The number of benzene rings is 2. The van der Waals surface area contributed by atoms with E-state index < -0.39 is 0 Å². The van der Waals surface area contributed by atoms with Crippen LogP contribution in [0.25, 0.3) is 0 Å². The van der Waals surface area contributed by atoms with E-state index in [4.69, 9.17) is 0 Å². The smallest absolute Gasteiger partial charge is 0.224 e. The van der Waals surface area contributed by atoms with Crippen LogP contribution in [0.2, 0.25) is 0 Å². The lowest BCUT2D eigenvalue weighted by atomic mass is 10.1. The van der Waals surface area contributed by atoms with Crippen molar-refractivity contribution in [2.75, 3.05) is 0 Å². The molecule has 0 aliphatic heterocycles. The van der Waals surface area contributed by atoms with Gasteiger partial charge in [0.25, 0.3) is 0 Å². The van der Waals surface area contributed by atoms with Crippen LogP contribution in [0.15, 0.2) is 53.0 Å². The molecule has 0 heterocycles. The second-order valence-electron chi connectivity index (χ2n) is 5.34. The van der Waals surface area contributed by atoms with Gasteiger partial charge < -0.3 is 5.32 Å². The van der Waals surface area contributed by atoms with Crippen LogP contribution in [-0.4, -0.2) is 11.9 Å². The summed E-state index contributed by atoms with van der Waals surface area (Å²) in [5.41, 5.74) is 1.93. The summed E-state index contributed by atoms with van der Waals surface area (Å²) in [5.74, 6) is 0.00926. The fourth-order valence-corrected chi connectivity index (χ4v) is 3.14. The van der Waals surface area contributed by atoms with E-state index in [2.05, 4.69) is 27.3 Å². The highest BCUT2D eigenvalue weighted by Gasteiger charge is 2.40. The van der Waals surface area contributed by atoms with E-state index in [1.807, 2.05) is 18.2 Å². The van der Waals surface area contributed by atoms with Crippen LogP contribution < -0.4 is 5.32 Å². The average molecular weight is 348 g/mol. The van der Waals surface area contributed by atoms with Crippen LogP contribution in [0.5, 0.6) is 0 Å². The summed E-state index contributed by atoms with van der Waals surface area (Å²) in [6, 6.07) is 14.4. The summed E-state index contributed by atoms with van der Waals surface area (Å²) < 4.78 is 14.2. The number of hydrogen-bond acceptors (Lipinski definition) is 1. The first-order valence-electron chi connectivity index (χ1n) is 6.92. The predicted octanol–water partition coefficient (Wildman–Crippen LogP) is 3.80. The van der Waals surface area contributed by atoms with Crippen LogP contribution in [-0.2, 0) is 11.2 Å². The van der Waals surface area contributed by atoms with Gasteiger partial charge >= 0.3 is 0 Å². The molecular formula is C17H15BrFNO. The molecular weight excluding hydrogens is 333 g/mol. The molecule has 2 nitrogen and oxygen atoms in total. The molecule has 1 amide bonds. The van der Waals surface area contributed by atoms with Crippen molar-refractivity contribution in [1.29, 1.82) is 0 Å². The maximum atomic E-state index is 13.1. The topological polar surface area (TPSA) is 29.1 Å². The van der Waals surface area contributed by atoms with Crippen LogP contribution in [0.3, 0.4) is 0 Å². The van der Waals surface area contributed by atoms with Crippen LogP contribution in [0.4, 0.5) is 4.39 Å². The maximum Gasteiger partial charge on any atom is 0.224 e. The van der Waals surface area contributed by atoms with Crippen LogP contribution >= 0.6 is 15.9 Å². The van der Waals surface area contributed by atoms with E-state index >= 15 is 0 Å². The molecule has 2 aromatic carbocycles. The molecule has 4 heteroatoms. The SMILES string of the molecule is O=C(Cc1cccc(F)c1)N[C@@H]1C[C@H]1c1ccccc1Br. The highest BCUT2D eigenvalue weighted by molar-refractivity contribution is 9.10. The molecule has 1 N–H and O–H groups in total. The van der Waals surface area contributed by atoms with Gasteiger partial charge in [0.2, 0.25) is 5.91 Å². The minimum absolute atomic E-state index is 0.0554. The van der Waals surface area contributed by atoms with Gasteiger partial charge in [-0.2, -0.15) is 0 Å². The van der Waals surface area contributed by atoms with Crippen molar-refractivity contribution in [2.45, 2.75) is 24.8 Å². The molecule has 0 saturated heterocycles. The first-order valence-corrected chi connectivity index (χ1v) is 7.71. The zero-order chi connectivity index (χ0) is 14.8. The minimum atomic E-state index is -0.308. The van der Waals surface area contributed by atoms with Gasteiger partial charge in [-0.25, -0.2) is 4.39 Å². The largest absolute Gasteiger partial charge is 0.352 e. The molecule has 1 aliphatic carbocycles. The summed E-state index contributed by atoms with van der Waals surface area (Å²) in [7, 11) is 0. The van der Waals surface area contributed by atoms with Crippen molar-refractivity contribution in [3.63, 3.8) is 0 Å². The Balaban J connectivity index is 1.57. The van der Waals surface area contributed by atoms with Crippen molar-refractivity contribution in [3.05, 3.63) is 69.9 Å². The summed E-state index contributed by atoms with van der Waals surface area (Å²) in [6.07, 6.45) is 1.18. The Morgan fingerprint density at radius 1 is 1.24 bits per heavy atom. The zero-order valence-electron chi connectivity index (χ0n) is 11.4. The minimum Gasteiger partial charge on any atom is -0.352 e. The Morgan fingerprint density at radius 3 is 2.81 bits per heavy atom. The van der Waals surface area contributed by atoms with Crippen molar-refractivity contribution in [2.24, 2.45) is 0 Å². The van der Waals surface area contributed by atoms with Gasteiger partial charge in [-0.1, -0.05) is 46.3 Å². The predicted molar refractivity (Wildman–Crippen MR) is 83.5 cm³/mol. The molecule has 1 aliphatic rings. The Labute approximate surface area is 131 Å². The van der Waals surface area contributed by atoms with E-state index in [1.165, 1.54) is 17.7 Å². The molecule has 2 atom stereocenters. The van der Waals surface area contributed by atoms with Gasteiger partial charge in [0.05, 0.1) is 6.42 Å². The Hall–Kier alpha value is -1.68. The Bertz CT molecular complexity index is 673. The van der Waals surface area contributed by atoms with E-state index in [9.17, 15) is 9.18 Å². The monoisotopic (exact) mass is 347 g/mol. The van der Waals surface area contributed by atoms with Crippen molar-refractivity contribution in [1.82, 2.24) is 5.32 Å². The van der Waals surface area contributed by atoms with E-state index in [0.29, 0.717) is 11.5 Å². The molecule has 1 fully saturated rings. The fourth-order valence-electron chi connectivity index (χ4n) is 2.56. The van der Waals surface area contributed by atoms with Gasteiger partial charge in [0.1, 0.15) is 5.82 Å². The number of carbonyl (C=O) groups excluding carboxylic acids is 1. The second-order valence-corrected chi connectivity index (χ2v) is 6.20. The zero-order valence-corrected chi connectivity index (χ0v) is 12.9. The van der Waals surface area contributed by atoms with Gasteiger partial charge in [-0.3, -0.25) is 4.79 Å². The lowest BCUT2D eigenvalue weighted by Gasteiger charge is -2.06. The molecule has 0 radical (unpaired) electrons. The summed E-state index contributed by atoms with van der Waals surface area (Å²) >= 11 is 3.54. The van der Waals surface area contributed by atoms with Crippen LogP contribution in [0.1, 0.15) is 23.5 Å². The third-order valence-electron chi connectivity index (χ3n) is 3.70. The lowest BCUT2D eigenvalue weighted by molar-refractivity contribution is -0.120.